The Balaban J connectivity index is 2.79. The summed E-state index contributed by atoms with van der Waals surface area (Å²) in [5.41, 5.74) is 11.8. The maximum atomic E-state index is 12.8. The van der Waals surface area contributed by atoms with Crippen LogP contribution in [0.1, 0.15) is 31.2 Å². The molecule has 0 radical (unpaired) electrons. The van der Waals surface area contributed by atoms with Crippen LogP contribution in [0.2, 0.25) is 0 Å². The predicted molar refractivity (Wildman–Crippen MR) is 125 cm³/mol. The number of amides is 1. The standard InChI is InChI=1S/C20H28IN5O6/c1-32-18(29)9-15(25-11-12-4-2-5-13(21)8-12)16(27)10-17(28)26(20(23)24)7-3-6-14(22)19(30)31/h2,4-5,8,14-15,25H,3,6-7,9-11,22H2,1H3,(H3,23,24)(H,30,31). The van der Waals surface area contributed by atoms with Gasteiger partial charge in [-0.25, -0.2) is 0 Å². The number of methoxy groups -OCH3 is 1. The number of carboxylic acids is 1. The second-order valence-electron chi connectivity index (χ2n) is 7.00. The van der Waals surface area contributed by atoms with E-state index in [-0.39, 0.29) is 25.8 Å². The predicted octanol–water partition coefficient (Wildman–Crippen LogP) is 0.186. The van der Waals surface area contributed by atoms with E-state index in [9.17, 15) is 19.2 Å². The molecule has 7 N–H and O–H groups in total. The molecule has 0 spiro atoms. The molecule has 1 aromatic rings. The lowest BCUT2D eigenvalue weighted by atomic mass is 10.0. The third-order valence-electron chi connectivity index (χ3n) is 4.56. The maximum Gasteiger partial charge on any atom is 0.320 e. The highest BCUT2D eigenvalue weighted by Crippen LogP contribution is 2.10. The van der Waals surface area contributed by atoms with Crippen molar-refractivity contribution in [1.29, 1.82) is 5.41 Å². The van der Waals surface area contributed by atoms with Crippen LogP contribution in [-0.4, -0.2) is 65.3 Å². The van der Waals surface area contributed by atoms with Gasteiger partial charge in [0, 0.05) is 16.7 Å². The van der Waals surface area contributed by atoms with Gasteiger partial charge in [0.2, 0.25) is 5.91 Å². The molecule has 0 fully saturated rings. The third-order valence-corrected chi connectivity index (χ3v) is 5.23. The first-order valence-corrected chi connectivity index (χ1v) is 10.8. The summed E-state index contributed by atoms with van der Waals surface area (Å²) in [5.74, 6) is -3.64. The molecule has 0 aromatic heterocycles. The highest BCUT2D eigenvalue weighted by Gasteiger charge is 2.27. The number of nitrogens with two attached hydrogens (primary N) is 2. The van der Waals surface area contributed by atoms with Crippen molar-refractivity contribution in [3.8, 4) is 0 Å². The van der Waals surface area contributed by atoms with E-state index in [4.69, 9.17) is 22.0 Å². The molecule has 32 heavy (non-hydrogen) atoms. The smallest absolute Gasteiger partial charge is 0.320 e. The fourth-order valence-corrected chi connectivity index (χ4v) is 3.39. The summed E-state index contributed by atoms with van der Waals surface area (Å²) in [4.78, 5) is 48.8. The maximum absolute atomic E-state index is 12.8. The number of hydrogen-bond donors (Lipinski definition) is 5. The topological polar surface area (TPSA) is 189 Å². The normalized spacial score (nSPS) is 12.5. The van der Waals surface area contributed by atoms with Crippen molar-refractivity contribution < 1.29 is 29.0 Å². The minimum Gasteiger partial charge on any atom is -0.480 e. The van der Waals surface area contributed by atoms with E-state index < -0.39 is 48.1 Å². The van der Waals surface area contributed by atoms with E-state index in [1.54, 1.807) is 0 Å². The number of hydrogen-bond acceptors (Lipinski definition) is 8. The number of Topliss-reactive ketones (excluding diaryl/α,β-unsaturated/α-hetero) is 1. The summed E-state index contributed by atoms with van der Waals surface area (Å²) in [5, 5.41) is 19.4. The molecule has 1 amide bonds. The quantitative estimate of drug-likeness (QED) is 0.0736. The number of nitrogens with one attached hydrogen (secondary N) is 2. The number of ketones is 1. The molecule has 2 atom stereocenters. The first-order valence-electron chi connectivity index (χ1n) is 9.75. The number of rotatable bonds is 13. The molecule has 2 unspecified atom stereocenters. The van der Waals surface area contributed by atoms with E-state index in [0.717, 1.165) is 14.0 Å². The summed E-state index contributed by atoms with van der Waals surface area (Å²) >= 11 is 2.16. The number of guanidine groups is 1. The summed E-state index contributed by atoms with van der Waals surface area (Å²) in [6.07, 6.45) is -0.599. The lowest BCUT2D eigenvalue weighted by molar-refractivity contribution is -0.144. The average molecular weight is 561 g/mol. The second kappa shape index (κ2) is 13.8. The molecule has 0 saturated heterocycles. The lowest BCUT2D eigenvalue weighted by Crippen LogP contribution is -2.46. The van der Waals surface area contributed by atoms with Gasteiger partial charge in [-0.15, -0.1) is 0 Å². The van der Waals surface area contributed by atoms with Gasteiger partial charge in [0.05, 0.1) is 26.0 Å². The number of halogens is 1. The van der Waals surface area contributed by atoms with Gasteiger partial charge in [0.25, 0.3) is 0 Å². The summed E-state index contributed by atoms with van der Waals surface area (Å²) in [6, 6.07) is 5.48. The summed E-state index contributed by atoms with van der Waals surface area (Å²) < 4.78 is 5.65. The molecule has 0 saturated carbocycles. The van der Waals surface area contributed by atoms with Crippen molar-refractivity contribution in [1.82, 2.24) is 10.2 Å². The number of esters is 1. The van der Waals surface area contributed by atoms with Crippen molar-refractivity contribution >= 4 is 52.2 Å². The van der Waals surface area contributed by atoms with E-state index in [2.05, 4.69) is 32.6 Å². The van der Waals surface area contributed by atoms with Crippen LogP contribution >= 0.6 is 22.6 Å². The molecule has 11 nitrogen and oxygen atoms in total. The average Bonchev–Trinajstić information content (AvgIpc) is 2.73. The zero-order chi connectivity index (χ0) is 24.3. The monoisotopic (exact) mass is 561 g/mol. The Bertz CT molecular complexity index is 850. The molecule has 0 bridgehead atoms. The minimum atomic E-state index is -1.18. The molecule has 0 heterocycles. The Morgan fingerprint density at radius 3 is 2.56 bits per heavy atom. The molecule has 0 aliphatic carbocycles. The van der Waals surface area contributed by atoms with Gasteiger partial charge in [-0.3, -0.25) is 29.5 Å². The number of ether oxygens (including phenoxy) is 1. The number of carbonyl (C=O) groups is 4. The summed E-state index contributed by atoms with van der Waals surface area (Å²) in [6.45, 7) is 0.238. The molecule has 176 valence electrons. The number of carbonyl (C=O) groups excluding carboxylic acids is 3. The highest BCUT2D eigenvalue weighted by molar-refractivity contribution is 14.1. The van der Waals surface area contributed by atoms with Crippen LogP contribution in [0.25, 0.3) is 0 Å². The number of carboxylic acid groups (broad SMARTS) is 1. The number of aliphatic carboxylic acids is 1. The van der Waals surface area contributed by atoms with E-state index in [1.165, 1.54) is 7.11 Å². The molecule has 0 aliphatic rings. The fraction of sp³-hybridized carbons (Fsp3) is 0.450. The Labute approximate surface area is 199 Å². The van der Waals surface area contributed by atoms with Gasteiger partial charge in [-0.05, 0) is 53.1 Å². The SMILES string of the molecule is COC(=O)CC(NCc1cccc(I)c1)C(=O)CC(=O)N(CCCC(N)C(=O)O)C(=N)N. The first-order chi connectivity index (χ1) is 15.0. The fourth-order valence-electron chi connectivity index (χ4n) is 2.78. The van der Waals surface area contributed by atoms with Gasteiger partial charge in [-0.1, -0.05) is 12.1 Å². The Kier molecular flexibility index (Phi) is 11.8. The molecule has 0 aliphatic heterocycles. The van der Waals surface area contributed by atoms with Crippen LogP contribution in [0.4, 0.5) is 0 Å². The minimum absolute atomic E-state index is 0.0556. The van der Waals surface area contributed by atoms with Crippen LogP contribution in [0.15, 0.2) is 24.3 Å². The van der Waals surface area contributed by atoms with Crippen LogP contribution < -0.4 is 16.8 Å². The van der Waals surface area contributed by atoms with Crippen molar-refractivity contribution in [3.05, 3.63) is 33.4 Å². The van der Waals surface area contributed by atoms with Crippen LogP contribution in [-0.2, 0) is 30.5 Å². The second-order valence-corrected chi connectivity index (χ2v) is 8.25. The van der Waals surface area contributed by atoms with Crippen molar-refractivity contribution in [3.63, 3.8) is 0 Å². The first kappa shape index (κ1) is 27.5. The van der Waals surface area contributed by atoms with Crippen LogP contribution in [0.3, 0.4) is 0 Å². The number of benzene rings is 1. The van der Waals surface area contributed by atoms with E-state index in [1.807, 2.05) is 24.3 Å². The Morgan fingerprint density at radius 1 is 1.31 bits per heavy atom. The van der Waals surface area contributed by atoms with Gasteiger partial charge in [0.15, 0.2) is 11.7 Å². The van der Waals surface area contributed by atoms with Gasteiger partial charge >= 0.3 is 11.9 Å². The molecule has 1 rings (SSSR count). The van der Waals surface area contributed by atoms with Crippen molar-refractivity contribution in [2.24, 2.45) is 11.5 Å². The third kappa shape index (κ3) is 9.70. The van der Waals surface area contributed by atoms with E-state index in [0.29, 0.717) is 6.54 Å². The van der Waals surface area contributed by atoms with Crippen molar-refractivity contribution in [2.45, 2.75) is 44.3 Å². The van der Waals surface area contributed by atoms with Gasteiger partial charge < -0.3 is 26.6 Å². The van der Waals surface area contributed by atoms with Crippen LogP contribution in [0, 0.1) is 8.98 Å². The molecular formula is C20H28IN5O6. The van der Waals surface area contributed by atoms with Gasteiger partial charge in [-0.2, -0.15) is 0 Å². The van der Waals surface area contributed by atoms with Gasteiger partial charge in [0.1, 0.15) is 6.04 Å². The highest BCUT2D eigenvalue weighted by atomic mass is 127. The van der Waals surface area contributed by atoms with Crippen LogP contribution in [0.5, 0.6) is 0 Å². The largest absolute Gasteiger partial charge is 0.480 e. The zero-order valence-electron chi connectivity index (χ0n) is 17.7. The Hall–Kier alpha value is -2.58. The molecular weight excluding hydrogens is 533 g/mol. The zero-order valence-corrected chi connectivity index (χ0v) is 19.8. The number of nitrogens with zero attached hydrogens (tertiary/aromatic N) is 1. The lowest BCUT2D eigenvalue weighted by Gasteiger charge is -2.22. The molecule has 1 aromatic carbocycles. The molecule has 12 heteroatoms. The Morgan fingerprint density at radius 2 is 2.00 bits per heavy atom. The van der Waals surface area contributed by atoms with Crippen molar-refractivity contribution in [2.75, 3.05) is 13.7 Å². The summed E-state index contributed by atoms with van der Waals surface area (Å²) in [7, 11) is 1.20. The van der Waals surface area contributed by atoms with E-state index >= 15 is 0 Å².